The number of hydrogen-bond acceptors (Lipinski definition) is 6. The van der Waals surface area contributed by atoms with Gasteiger partial charge >= 0.3 is 6.30 Å². The molecule has 4 rings (SSSR count). The van der Waals surface area contributed by atoms with Gasteiger partial charge in [-0.05, 0) is 38.3 Å². The van der Waals surface area contributed by atoms with Crippen molar-refractivity contribution in [2.24, 2.45) is 0 Å². The predicted molar refractivity (Wildman–Crippen MR) is 119 cm³/mol. The highest BCUT2D eigenvalue weighted by atomic mass is 32.2. The number of aromatic nitrogens is 2. The van der Waals surface area contributed by atoms with Crippen LogP contribution < -0.4 is 15.8 Å². The highest BCUT2D eigenvalue weighted by Crippen LogP contribution is 2.40. The fourth-order valence-electron chi connectivity index (χ4n) is 4.13. The number of hydrogen-bond donors (Lipinski definition) is 1. The first-order valence-corrected chi connectivity index (χ1v) is 12.8. The summed E-state index contributed by atoms with van der Waals surface area (Å²) in [4.78, 5) is 18.0. The van der Waals surface area contributed by atoms with Crippen molar-refractivity contribution in [3.63, 3.8) is 0 Å². The van der Waals surface area contributed by atoms with Crippen LogP contribution in [-0.2, 0) is 22.6 Å². The molecule has 33 heavy (non-hydrogen) atoms. The van der Waals surface area contributed by atoms with Crippen LogP contribution in [0.25, 0.3) is 0 Å². The standard InChI is InChI=1S/C22H27F3N4O3S/c1-15-4-6-16(7-5-15)18-13-19(18)26-8-2-3-17-14-29(22(23,24)25)21(30)20(27-17)28-9-11-33(31,32)12-10-28/h4-7,14,18-19,26H,2-3,8-13H2,1H3/t18-,19+/m0/s1. The molecule has 0 unspecified atom stereocenters. The highest BCUT2D eigenvalue weighted by molar-refractivity contribution is 7.91. The summed E-state index contributed by atoms with van der Waals surface area (Å²) in [6.45, 7) is 2.57. The SMILES string of the molecule is Cc1ccc([C@@H]2C[C@H]2NCCCc2cn(C(F)(F)F)c(=O)c(N3CCS(=O)(=O)CC3)n2)cc1. The number of sulfone groups is 1. The largest absolute Gasteiger partial charge is 0.491 e. The lowest BCUT2D eigenvalue weighted by atomic mass is 10.1. The zero-order valence-electron chi connectivity index (χ0n) is 18.3. The van der Waals surface area contributed by atoms with Crippen LogP contribution in [0.5, 0.6) is 0 Å². The first kappa shape index (κ1) is 23.7. The maximum absolute atomic E-state index is 13.4. The normalized spacial score (nSPS) is 22.4. The first-order valence-electron chi connectivity index (χ1n) is 11.0. The van der Waals surface area contributed by atoms with Crippen LogP contribution in [-0.4, -0.2) is 55.2 Å². The molecule has 2 atom stereocenters. The lowest BCUT2D eigenvalue weighted by Gasteiger charge is -2.28. The van der Waals surface area contributed by atoms with Crippen molar-refractivity contribution >= 4 is 15.7 Å². The predicted octanol–water partition coefficient (Wildman–Crippen LogP) is 2.34. The van der Waals surface area contributed by atoms with Gasteiger partial charge in [0.25, 0.3) is 5.56 Å². The lowest BCUT2D eigenvalue weighted by molar-refractivity contribution is -0.206. The summed E-state index contributed by atoms with van der Waals surface area (Å²) in [6.07, 6.45) is -2.27. The zero-order valence-corrected chi connectivity index (χ0v) is 19.1. The second kappa shape index (κ2) is 9.09. The molecule has 2 aliphatic rings. The molecule has 0 spiro atoms. The summed E-state index contributed by atoms with van der Waals surface area (Å²) >= 11 is 0. The molecule has 180 valence electrons. The van der Waals surface area contributed by atoms with Crippen LogP contribution in [0.3, 0.4) is 0 Å². The Bertz CT molecular complexity index is 1150. The van der Waals surface area contributed by atoms with Crippen LogP contribution in [0.1, 0.15) is 35.6 Å². The van der Waals surface area contributed by atoms with Crippen molar-refractivity contribution in [1.82, 2.24) is 14.9 Å². The Kier molecular flexibility index (Phi) is 6.54. The summed E-state index contributed by atoms with van der Waals surface area (Å²) in [5, 5.41) is 3.44. The van der Waals surface area contributed by atoms with Crippen molar-refractivity contribution in [1.29, 1.82) is 0 Å². The van der Waals surface area contributed by atoms with E-state index in [1.54, 1.807) is 0 Å². The van der Waals surface area contributed by atoms with Gasteiger partial charge in [-0.1, -0.05) is 29.8 Å². The summed E-state index contributed by atoms with van der Waals surface area (Å²) in [6, 6.07) is 8.78. The Hall–Kier alpha value is -2.40. The van der Waals surface area contributed by atoms with Crippen molar-refractivity contribution < 1.29 is 21.6 Å². The second-order valence-corrected chi connectivity index (χ2v) is 11.1. The number of anilines is 1. The van der Waals surface area contributed by atoms with Crippen LogP contribution in [0.4, 0.5) is 19.0 Å². The maximum Gasteiger partial charge on any atom is 0.491 e. The Labute approximate surface area is 190 Å². The number of alkyl halides is 3. The molecule has 1 aromatic carbocycles. The van der Waals surface area contributed by atoms with Gasteiger partial charge in [0, 0.05) is 31.2 Å². The molecule has 2 heterocycles. The summed E-state index contributed by atoms with van der Waals surface area (Å²) in [7, 11) is -3.24. The van der Waals surface area contributed by atoms with Crippen LogP contribution >= 0.6 is 0 Å². The van der Waals surface area contributed by atoms with Gasteiger partial charge in [-0.15, -0.1) is 13.2 Å². The Morgan fingerprint density at radius 2 is 1.82 bits per heavy atom. The molecule has 0 bridgehead atoms. The quantitative estimate of drug-likeness (QED) is 0.608. The third-order valence-corrected chi connectivity index (χ3v) is 7.78. The molecular formula is C22H27F3N4O3S. The minimum atomic E-state index is -4.88. The van der Waals surface area contributed by atoms with Gasteiger partial charge in [0.15, 0.2) is 15.7 Å². The average Bonchev–Trinajstić information content (AvgIpc) is 3.51. The number of benzene rings is 1. The van der Waals surface area contributed by atoms with E-state index in [1.165, 1.54) is 16.0 Å². The van der Waals surface area contributed by atoms with Crippen LogP contribution in [0, 0.1) is 6.92 Å². The number of nitrogens with one attached hydrogen (secondary N) is 1. The van der Waals surface area contributed by atoms with Crippen molar-refractivity contribution in [2.45, 2.75) is 44.4 Å². The van der Waals surface area contributed by atoms with E-state index in [-0.39, 0.29) is 47.1 Å². The lowest BCUT2D eigenvalue weighted by Crippen LogP contribution is -2.45. The molecule has 1 N–H and O–H groups in total. The Balaban J connectivity index is 1.39. The zero-order chi connectivity index (χ0) is 23.8. The number of aryl methyl sites for hydroxylation is 2. The monoisotopic (exact) mass is 484 g/mol. The minimum absolute atomic E-state index is 0.0461. The number of rotatable bonds is 7. The number of nitrogens with zero attached hydrogens (tertiary/aromatic N) is 3. The highest BCUT2D eigenvalue weighted by Gasteiger charge is 2.38. The Morgan fingerprint density at radius 3 is 2.45 bits per heavy atom. The Morgan fingerprint density at radius 1 is 1.15 bits per heavy atom. The molecule has 11 heteroatoms. The average molecular weight is 485 g/mol. The van der Waals surface area contributed by atoms with E-state index in [0.29, 0.717) is 24.9 Å². The molecule has 1 aromatic heterocycles. The molecule has 2 fully saturated rings. The fraction of sp³-hybridized carbons (Fsp3) is 0.545. The van der Waals surface area contributed by atoms with Gasteiger partial charge in [0.05, 0.1) is 17.2 Å². The third kappa shape index (κ3) is 5.75. The third-order valence-electron chi connectivity index (χ3n) is 6.17. The van der Waals surface area contributed by atoms with Crippen molar-refractivity contribution in [2.75, 3.05) is 36.0 Å². The molecule has 7 nitrogen and oxygen atoms in total. The van der Waals surface area contributed by atoms with E-state index < -0.39 is 21.7 Å². The van der Waals surface area contributed by atoms with Gasteiger partial charge in [0.2, 0.25) is 0 Å². The maximum atomic E-state index is 13.4. The van der Waals surface area contributed by atoms with E-state index in [4.69, 9.17) is 0 Å². The molecule has 1 aliphatic heterocycles. The molecular weight excluding hydrogens is 457 g/mol. The van der Waals surface area contributed by atoms with Gasteiger partial charge in [-0.2, -0.15) is 0 Å². The van der Waals surface area contributed by atoms with E-state index in [9.17, 15) is 26.4 Å². The summed E-state index contributed by atoms with van der Waals surface area (Å²) < 4.78 is 63.4. The second-order valence-electron chi connectivity index (χ2n) is 8.75. The van der Waals surface area contributed by atoms with E-state index >= 15 is 0 Å². The minimum Gasteiger partial charge on any atom is -0.350 e. The van der Waals surface area contributed by atoms with Crippen LogP contribution in [0.15, 0.2) is 35.3 Å². The molecule has 1 aliphatic carbocycles. The van der Waals surface area contributed by atoms with Gasteiger partial charge < -0.3 is 10.2 Å². The summed E-state index contributed by atoms with van der Waals surface area (Å²) in [5.41, 5.74) is 1.37. The van der Waals surface area contributed by atoms with E-state index in [1.807, 2.05) is 6.92 Å². The number of halogens is 3. The molecule has 0 amide bonds. The van der Waals surface area contributed by atoms with Crippen molar-refractivity contribution in [3.8, 4) is 0 Å². The molecule has 1 saturated heterocycles. The molecule has 1 saturated carbocycles. The van der Waals surface area contributed by atoms with Gasteiger partial charge in [-0.3, -0.25) is 4.79 Å². The molecule has 0 radical (unpaired) electrons. The topological polar surface area (TPSA) is 84.3 Å². The van der Waals surface area contributed by atoms with E-state index in [0.717, 1.165) is 12.6 Å². The van der Waals surface area contributed by atoms with Gasteiger partial charge in [0.1, 0.15) is 0 Å². The summed E-state index contributed by atoms with van der Waals surface area (Å²) in [5.74, 6) is -0.303. The fourth-order valence-corrected chi connectivity index (χ4v) is 5.33. The first-order chi connectivity index (χ1) is 15.5. The smallest absolute Gasteiger partial charge is 0.350 e. The van der Waals surface area contributed by atoms with Crippen LogP contribution in [0.2, 0.25) is 0 Å². The van der Waals surface area contributed by atoms with Gasteiger partial charge in [-0.25, -0.2) is 18.0 Å². The van der Waals surface area contributed by atoms with E-state index in [2.05, 4.69) is 34.6 Å². The molecule has 2 aromatic rings. The van der Waals surface area contributed by atoms with Crippen molar-refractivity contribution in [3.05, 3.63) is 57.6 Å².